The van der Waals surface area contributed by atoms with E-state index in [1.165, 1.54) is 0 Å². The van der Waals surface area contributed by atoms with Crippen molar-refractivity contribution < 1.29 is 9.53 Å². The van der Waals surface area contributed by atoms with E-state index in [0.29, 0.717) is 31.2 Å². The van der Waals surface area contributed by atoms with Gasteiger partial charge in [0.25, 0.3) is 0 Å². The fraction of sp³-hybridized carbons (Fsp3) is 0.312. The number of nitrogens with one attached hydrogen (secondary N) is 2. The molecule has 2 N–H and O–H groups in total. The molecule has 0 aliphatic rings. The number of imidazole rings is 1. The average molecular weight is 356 g/mol. The van der Waals surface area contributed by atoms with Gasteiger partial charge in [0, 0.05) is 25.5 Å². The van der Waals surface area contributed by atoms with Gasteiger partial charge in [-0.05, 0) is 41.6 Å². The van der Waals surface area contributed by atoms with Gasteiger partial charge >= 0.3 is 6.03 Å². The van der Waals surface area contributed by atoms with Crippen molar-refractivity contribution in [3.63, 3.8) is 0 Å². The molecule has 26 heavy (non-hydrogen) atoms. The number of rotatable bonds is 7. The number of nitrogens with zero attached hydrogens (tertiary/aromatic N) is 6. The lowest BCUT2D eigenvalue weighted by Gasteiger charge is -2.10. The number of ether oxygens (including phenoxy) is 1. The van der Waals surface area contributed by atoms with E-state index in [0.717, 1.165) is 11.4 Å². The minimum atomic E-state index is -0.296. The third kappa shape index (κ3) is 4.22. The van der Waals surface area contributed by atoms with E-state index in [1.54, 1.807) is 36.4 Å². The molecule has 0 radical (unpaired) electrons. The first-order valence-corrected chi connectivity index (χ1v) is 8.05. The molecule has 0 aliphatic heterocycles. The van der Waals surface area contributed by atoms with Gasteiger partial charge in [-0.15, -0.1) is 5.10 Å². The van der Waals surface area contributed by atoms with E-state index in [9.17, 15) is 4.79 Å². The van der Waals surface area contributed by atoms with Gasteiger partial charge in [-0.3, -0.25) is 0 Å². The van der Waals surface area contributed by atoms with Crippen LogP contribution in [-0.2, 0) is 17.8 Å². The third-order valence-corrected chi connectivity index (χ3v) is 3.76. The summed E-state index contributed by atoms with van der Waals surface area (Å²) in [4.78, 5) is 16.2. The molecule has 2 amide bonds. The smallest absolute Gasteiger partial charge is 0.319 e. The van der Waals surface area contributed by atoms with Crippen molar-refractivity contribution in [2.24, 2.45) is 0 Å². The zero-order valence-electron chi connectivity index (χ0n) is 14.6. The van der Waals surface area contributed by atoms with E-state index >= 15 is 0 Å². The fourth-order valence-corrected chi connectivity index (χ4v) is 2.39. The van der Waals surface area contributed by atoms with E-state index in [-0.39, 0.29) is 6.03 Å². The van der Waals surface area contributed by atoms with E-state index in [2.05, 4.69) is 31.1 Å². The highest BCUT2D eigenvalue weighted by Crippen LogP contribution is 2.13. The zero-order chi connectivity index (χ0) is 18.4. The molecule has 136 valence electrons. The van der Waals surface area contributed by atoms with Crippen molar-refractivity contribution in [2.45, 2.75) is 20.0 Å². The first kappa shape index (κ1) is 17.5. The van der Waals surface area contributed by atoms with Gasteiger partial charge in [-0.1, -0.05) is 0 Å². The monoisotopic (exact) mass is 356 g/mol. The van der Waals surface area contributed by atoms with Crippen LogP contribution in [0, 0.1) is 6.92 Å². The number of carbonyl (C=O) groups is 1. The zero-order valence-corrected chi connectivity index (χ0v) is 14.6. The highest BCUT2D eigenvalue weighted by molar-refractivity contribution is 5.89. The Hall–Kier alpha value is -3.27. The molecule has 0 saturated heterocycles. The Morgan fingerprint density at radius 2 is 2.08 bits per heavy atom. The highest BCUT2D eigenvalue weighted by atomic mass is 16.5. The number of amides is 2. The normalized spacial score (nSPS) is 10.7. The summed E-state index contributed by atoms with van der Waals surface area (Å²) in [6.45, 7) is 3.46. The van der Waals surface area contributed by atoms with Crippen LogP contribution in [0.1, 0.15) is 11.5 Å². The van der Waals surface area contributed by atoms with Crippen LogP contribution in [0.4, 0.5) is 10.5 Å². The van der Waals surface area contributed by atoms with E-state index < -0.39 is 0 Å². The summed E-state index contributed by atoms with van der Waals surface area (Å²) in [6.07, 6.45) is 3.44. The number of aromatic nitrogens is 6. The van der Waals surface area contributed by atoms with E-state index in [1.807, 2.05) is 23.6 Å². The van der Waals surface area contributed by atoms with Gasteiger partial charge in [0.2, 0.25) is 0 Å². The van der Waals surface area contributed by atoms with Crippen molar-refractivity contribution in [1.29, 1.82) is 0 Å². The van der Waals surface area contributed by atoms with Crippen LogP contribution in [0.25, 0.3) is 5.69 Å². The van der Waals surface area contributed by atoms with E-state index in [4.69, 9.17) is 4.74 Å². The average Bonchev–Trinajstić information content (AvgIpc) is 3.27. The molecular formula is C16H20N8O2. The number of aryl methyl sites for hydroxylation is 1. The lowest BCUT2D eigenvalue weighted by atomic mass is 10.3. The maximum absolute atomic E-state index is 12.1. The molecule has 0 aliphatic carbocycles. The molecule has 0 atom stereocenters. The summed E-state index contributed by atoms with van der Waals surface area (Å²) in [7, 11) is 1.65. The number of hydrogen-bond acceptors (Lipinski definition) is 6. The summed E-state index contributed by atoms with van der Waals surface area (Å²) in [5.74, 6) is 0.688. The first-order chi connectivity index (χ1) is 12.7. The molecule has 10 nitrogen and oxygen atoms in total. The van der Waals surface area contributed by atoms with Gasteiger partial charge in [-0.25, -0.2) is 9.78 Å². The fourth-order valence-electron chi connectivity index (χ4n) is 2.39. The Morgan fingerprint density at radius 1 is 1.27 bits per heavy atom. The second-order valence-electron chi connectivity index (χ2n) is 5.56. The minimum absolute atomic E-state index is 0.296. The molecule has 2 heterocycles. The van der Waals surface area contributed by atoms with Gasteiger partial charge in [0.15, 0.2) is 5.82 Å². The van der Waals surface area contributed by atoms with Gasteiger partial charge in [0.1, 0.15) is 0 Å². The van der Waals surface area contributed by atoms with Crippen LogP contribution in [0.2, 0.25) is 0 Å². The van der Waals surface area contributed by atoms with Crippen LogP contribution < -0.4 is 10.6 Å². The Bertz CT molecular complexity index is 855. The van der Waals surface area contributed by atoms with Crippen LogP contribution in [0.3, 0.4) is 0 Å². The van der Waals surface area contributed by atoms with Gasteiger partial charge in [-0.2, -0.15) is 4.68 Å². The molecule has 3 aromatic rings. The third-order valence-electron chi connectivity index (χ3n) is 3.76. The number of benzene rings is 1. The second-order valence-corrected chi connectivity index (χ2v) is 5.56. The number of tetrazole rings is 1. The predicted octanol–water partition coefficient (Wildman–Crippen LogP) is 1.14. The highest BCUT2D eigenvalue weighted by Gasteiger charge is 2.07. The first-order valence-electron chi connectivity index (χ1n) is 8.05. The molecule has 0 saturated carbocycles. The quantitative estimate of drug-likeness (QED) is 0.656. The summed E-state index contributed by atoms with van der Waals surface area (Å²) < 4.78 is 8.61. The van der Waals surface area contributed by atoms with Crippen molar-refractivity contribution in [2.75, 3.05) is 19.0 Å². The largest absolute Gasteiger partial charge is 0.383 e. The predicted molar refractivity (Wildman–Crippen MR) is 93.9 cm³/mol. The van der Waals surface area contributed by atoms with Crippen LogP contribution in [0.5, 0.6) is 0 Å². The lowest BCUT2D eigenvalue weighted by Crippen LogP contribution is -2.29. The Balaban J connectivity index is 1.54. The molecular weight excluding hydrogens is 336 g/mol. The van der Waals surface area contributed by atoms with Gasteiger partial charge < -0.3 is 19.9 Å². The van der Waals surface area contributed by atoms with Crippen molar-refractivity contribution in [3.8, 4) is 5.69 Å². The molecule has 0 fully saturated rings. The SMILES string of the molecule is COCCn1cncc1CNC(=O)Nc1ccc(-n2nnnc2C)cc1. The minimum Gasteiger partial charge on any atom is -0.383 e. The molecule has 1 aromatic carbocycles. The molecule has 0 unspecified atom stereocenters. The van der Waals surface area contributed by atoms with Crippen LogP contribution >= 0.6 is 0 Å². The maximum Gasteiger partial charge on any atom is 0.319 e. The maximum atomic E-state index is 12.1. The molecule has 0 spiro atoms. The van der Waals surface area contributed by atoms with Crippen LogP contribution in [0.15, 0.2) is 36.8 Å². The summed E-state index contributed by atoms with van der Waals surface area (Å²) >= 11 is 0. The molecule has 3 rings (SSSR count). The second kappa shape index (κ2) is 8.21. The van der Waals surface area contributed by atoms with Crippen LogP contribution in [-0.4, -0.2) is 49.5 Å². The number of carbonyl (C=O) groups excluding carboxylic acids is 1. The Kier molecular flexibility index (Phi) is 5.54. The Morgan fingerprint density at radius 3 is 2.77 bits per heavy atom. The summed E-state index contributed by atoms with van der Waals surface area (Å²) in [6, 6.07) is 6.95. The van der Waals surface area contributed by atoms with Crippen molar-refractivity contribution >= 4 is 11.7 Å². The Labute approximate surface area is 150 Å². The number of anilines is 1. The molecule has 2 aromatic heterocycles. The van der Waals surface area contributed by atoms with Crippen molar-refractivity contribution in [1.82, 2.24) is 35.1 Å². The number of hydrogen-bond donors (Lipinski definition) is 2. The number of urea groups is 1. The topological polar surface area (TPSA) is 112 Å². The number of methoxy groups -OCH3 is 1. The lowest BCUT2D eigenvalue weighted by molar-refractivity contribution is 0.186. The van der Waals surface area contributed by atoms with Crippen molar-refractivity contribution in [3.05, 3.63) is 48.3 Å². The summed E-state index contributed by atoms with van der Waals surface area (Å²) in [5.41, 5.74) is 2.40. The van der Waals surface area contributed by atoms with Gasteiger partial charge in [0.05, 0.1) is 30.9 Å². The summed E-state index contributed by atoms with van der Waals surface area (Å²) in [5, 5.41) is 17.0. The molecule has 0 bridgehead atoms. The molecule has 10 heteroatoms. The standard InChI is InChI=1S/C16H20N8O2/c1-12-20-21-22-24(12)14-5-3-13(4-6-14)19-16(25)18-10-15-9-17-11-23(15)7-8-26-2/h3-6,9,11H,7-8,10H2,1-2H3,(H2,18,19,25).